The van der Waals surface area contributed by atoms with Crippen LogP contribution < -0.4 is 10.2 Å². The van der Waals surface area contributed by atoms with Gasteiger partial charge >= 0.3 is 0 Å². The zero-order chi connectivity index (χ0) is 19.5. The van der Waals surface area contributed by atoms with Crippen molar-refractivity contribution in [3.8, 4) is 11.1 Å². The lowest BCUT2D eigenvalue weighted by molar-refractivity contribution is 0.451. The van der Waals surface area contributed by atoms with Gasteiger partial charge < -0.3 is 14.6 Å². The van der Waals surface area contributed by atoms with E-state index in [-0.39, 0.29) is 0 Å². The van der Waals surface area contributed by atoms with Gasteiger partial charge in [-0.3, -0.25) is 0 Å². The Labute approximate surface area is 168 Å². The molecule has 0 saturated heterocycles. The minimum Gasteiger partial charge on any atom is -0.424 e. The first-order valence-electron chi connectivity index (χ1n) is 10.6. The summed E-state index contributed by atoms with van der Waals surface area (Å²) in [7, 11) is 2.16. The third-order valence-corrected chi connectivity index (χ3v) is 6.16. The highest BCUT2D eigenvalue weighted by Crippen LogP contribution is 2.30. The van der Waals surface area contributed by atoms with Crippen molar-refractivity contribution in [1.82, 2.24) is 4.98 Å². The molecular weight excluding hydrogens is 346 g/mol. The zero-order valence-electron chi connectivity index (χ0n) is 17.2. The van der Waals surface area contributed by atoms with Gasteiger partial charge in [0.2, 0.25) is 0 Å². The third-order valence-electron chi connectivity index (χ3n) is 6.16. The second-order valence-electron chi connectivity index (χ2n) is 8.10. The van der Waals surface area contributed by atoms with Crippen LogP contribution in [0.25, 0.3) is 22.2 Å². The molecule has 1 N–H and O–H groups in total. The number of nitrogens with one attached hydrogen (secondary N) is 1. The van der Waals surface area contributed by atoms with Crippen LogP contribution in [-0.4, -0.2) is 24.1 Å². The highest BCUT2D eigenvalue weighted by atomic mass is 16.4. The average molecular weight is 378 g/mol. The van der Waals surface area contributed by atoms with Crippen molar-refractivity contribution in [2.75, 3.05) is 17.3 Å². The quantitative estimate of drug-likeness (QED) is 0.534. The van der Waals surface area contributed by atoms with Crippen molar-refractivity contribution in [3.05, 3.63) is 42.5 Å². The summed E-state index contributed by atoms with van der Waals surface area (Å²) >= 11 is 0. The van der Waals surface area contributed by atoms with Crippen LogP contribution in [0.4, 0.5) is 11.7 Å². The first-order valence-corrected chi connectivity index (χ1v) is 10.6. The Morgan fingerprint density at radius 2 is 1.89 bits per heavy atom. The topological polar surface area (TPSA) is 41.3 Å². The molecule has 0 aliphatic heterocycles. The van der Waals surface area contributed by atoms with E-state index in [0.29, 0.717) is 18.1 Å². The summed E-state index contributed by atoms with van der Waals surface area (Å²) in [4.78, 5) is 7.04. The highest BCUT2D eigenvalue weighted by molar-refractivity contribution is 5.82. The Morgan fingerprint density at radius 1 is 1.11 bits per heavy atom. The Hall–Kier alpha value is -2.49. The standard InChI is InChI=1S/C24H31N3O/c1-4-17(2)27(3)21-12-8-9-18(15-21)19-13-14-23-22(16-19)26-24(28-23)25-20-10-6-5-7-11-20/h8-9,12-17,20H,4-7,10-11H2,1-3H3,(H,25,26). The van der Waals surface area contributed by atoms with E-state index in [1.165, 1.54) is 48.9 Å². The Balaban J connectivity index is 1.57. The normalized spacial score (nSPS) is 16.2. The van der Waals surface area contributed by atoms with E-state index in [1.807, 2.05) is 6.07 Å². The number of hydrogen-bond acceptors (Lipinski definition) is 4. The van der Waals surface area contributed by atoms with E-state index in [4.69, 9.17) is 9.40 Å². The van der Waals surface area contributed by atoms with Gasteiger partial charge in [-0.1, -0.05) is 44.4 Å². The maximum absolute atomic E-state index is 5.94. The minimum atomic E-state index is 0.494. The van der Waals surface area contributed by atoms with Crippen molar-refractivity contribution < 1.29 is 4.42 Å². The molecule has 0 radical (unpaired) electrons. The largest absolute Gasteiger partial charge is 0.424 e. The van der Waals surface area contributed by atoms with Crippen molar-refractivity contribution in [3.63, 3.8) is 0 Å². The minimum absolute atomic E-state index is 0.494. The fourth-order valence-corrected chi connectivity index (χ4v) is 4.02. The number of fused-ring (bicyclic) bond motifs is 1. The summed E-state index contributed by atoms with van der Waals surface area (Å²) < 4.78 is 5.94. The number of oxazole rings is 1. The molecule has 28 heavy (non-hydrogen) atoms. The van der Waals surface area contributed by atoms with Crippen LogP contribution >= 0.6 is 0 Å². The van der Waals surface area contributed by atoms with Crippen molar-refractivity contribution >= 4 is 22.8 Å². The second-order valence-corrected chi connectivity index (χ2v) is 8.10. The molecule has 4 nitrogen and oxygen atoms in total. The van der Waals surface area contributed by atoms with Crippen LogP contribution in [0.3, 0.4) is 0 Å². The smallest absolute Gasteiger partial charge is 0.295 e. The molecule has 3 aromatic rings. The fourth-order valence-electron chi connectivity index (χ4n) is 4.02. The van der Waals surface area contributed by atoms with Crippen LogP contribution in [0, 0.1) is 0 Å². The first kappa shape index (κ1) is 18.9. The summed E-state index contributed by atoms with van der Waals surface area (Å²) in [6.45, 7) is 4.48. The van der Waals surface area contributed by atoms with E-state index in [1.54, 1.807) is 0 Å². The van der Waals surface area contributed by atoms with Gasteiger partial charge in [0.15, 0.2) is 5.58 Å². The number of benzene rings is 2. The molecule has 1 fully saturated rings. The molecule has 4 heteroatoms. The van der Waals surface area contributed by atoms with Gasteiger partial charge in [-0.15, -0.1) is 0 Å². The lowest BCUT2D eigenvalue weighted by atomic mass is 9.96. The molecular formula is C24H31N3O. The molecule has 0 bridgehead atoms. The highest BCUT2D eigenvalue weighted by Gasteiger charge is 2.16. The van der Waals surface area contributed by atoms with E-state index in [0.717, 1.165) is 17.5 Å². The van der Waals surface area contributed by atoms with E-state index in [2.05, 4.69) is 67.5 Å². The predicted octanol–water partition coefficient (Wildman–Crippen LogP) is 6.47. The molecule has 1 unspecified atom stereocenters. The lowest BCUT2D eigenvalue weighted by Gasteiger charge is -2.26. The summed E-state index contributed by atoms with van der Waals surface area (Å²) in [6, 6.07) is 16.7. The summed E-state index contributed by atoms with van der Waals surface area (Å²) in [5.41, 5.74) is 5.38. The SMILES string of the molecule is CCC(C)N(C)c1cccc(-c2ccc3oc(NC4CCCCC4)nc3c2)c1. The van der Waals surface area contributed by atoms with Crippen molar-refractivity contribution in [2.45, 2.75) is 64.5 Å². The molecule has 1 heterocycles. The molecule has 1 aliphatic rings. The van der Waals surface area contributed by atoms with Crippen LogP contribution in [0.2, 0.25) is 0 Å². The van der Waals surface area contributed by atoms with Crippen LogP contribution in [-0.2, 0) is 0 Å². The Bertz CT molecular complexity index is 926. The molecule has 0 spiro atoms. The number of rotatable bonds is 6. The lowest BCUT2D eigenvalue weighted by Crippen LogP contribution is -2.27. The van der Waals surface area contributed by atoms with E-state index < -0.39 is 0 Å². The van der Waals surface area contributed by atoms with Gasteiger partial charge in [-0.05, 0) is 61.6 Å². The molecule has 0 amide bonds. The number of hydrogen-bond donors (Lipinski definition) is 1. The van der Waals surface area contributed by atoms with E-state index in [9.17, 15) is 0 Å². The summed E-state index contributed by atoms with van der Waals surface area (Å²) in [5.74, 6) is 0. The molecule has 1 atom stereocenters. The molecule has 4 rings (SSSR count). The van der Waals surface area contributed by atoms with Gasteiger partial charge in [0, 0.05) is 24.8 Å². The zero-order valence-corrected chi connectivity index (χ0v) is 17.2. The maximum Gasteiger partial charge on any atom is 0.295 e. The van der Waals surface area contributed by atoms with Crippen LogP contribution in [0.15, 0.2) is 46.9 Å². The third kappa shape index (κ3) is 4.01. The van der Waals surface area contributed by atoms with Crippen molar-refractivity contribution in [1.29, 1.82) is 0 Å². The molecule has 1 aliphatic carbocycles. The van der Waals surface area contributed by atoms with Gasteiger partial charge in [0.05, 0.1) is 0 Å². The summed E-state index contributed by atoms with van der Waals surface area (Å²) in [5, 5.41) is 3.49. The Morgan fingerprint density at radius 3 is 2.68 bits per heavy atom. The second kappa shape index (κ2) is 8.26. The molecule has 148 valence electrons. The predicted molar refractivity (Wildman–Crippen MR) is 118 cm³/mol. The van der Waals surface area contributed by atoms with Crippen molar-refractivity contribution in [2.24, 2.45) is 0 Å². The molecule has 1 aromatic heterocycles. The molecule has 1 saturated carbocycles. The van der Waals surface area contributed by atoms with Crippen LogP contribution in [0.5, 0.6) is 0 Å². The van der Waals surface area contributed by atoms with E-state index >= 15 is 0 Å². The van der Waals surface area contributed by atoms with Gasteiger partial charge in [-0.2, -0.15) is 4.98 Å². The number of anilines is 2. The molecule has 2 aromatic carbocycles. The fraction of sp³-hybridized carbons (Fsp3) is 0.458. The number of nitrogens with zero attached hydrogens (tertiary/aromatic N) is 2. The summed E-state index contributed by atoms with van der Waals surface area (Å²) in [6.07, 6.45) is 7.48. The average Bonchev–Trinajstić information content (AvgIpc) is 3.14. The maximum atomic E-state index is 5.94. The van der Waals surface area contributed by atoms with Gasteiger partial charge in [0.25, 0.3) is 6.01 Å². The van der Waals surface area contributed by atoms with Gasteiger partial charge in [-0.25, -0.2) is 0 Å². The van der Waals surface area contributed by atoms with Gasteiger partial charge in [0.1, 0.15) is 5.52 Å². The Kier molecular flexibility index (Phi) is 5.56. The monoisotopic (exact) mass is 377 g/mol. The van der Waals surface area contributed by atoms with Crippen LogP contribution in [0.1, 0.15) is 52.4 Å². The first-order chi connectivity index (χ1) is 13.6. The number of aromatic nitrogens is 1.